The van der Waals surface area contributed by atoms with Crippen LogP contribution in [0.15, 0.2) is 12.2 Å². The summed E-state index contributed by atoms with van der Waals surface area (Å²) < 4.78 is 55.9. The molecule has 588 valence electrons. The monoisotopic (exact) mass is 1510 g/mol. The Balaban J connectivity index is -0.000000620. The molecule has 17 nitrogen and oxygen atoms in total. The summed E-state index contributed by atoms with van der Waals surface area (Å²) in [6.45, 7) is 9.90. The van der Waals surface area contributed by atoms with E-state index in [1.807, 2.05) is 0 Å². The van der Waals surface area contributed by atoms with Crippen LogP contribution in [0.3, 0.4) is 0 Å². The van der Waals surface area contributed by atoms with Crippen molar-refractivity contribution in [3.63, 3.8) is 0 Å². The standard InChI is InChI=1S/C24H46O6.C24H44O6.C19H42N.C12H26O4S.BrH.Na/c2*1-2-3-4-5-6-7-8-9-10-11-12-13-14-15-16-17-22(27)29-19-21(26)24-23(28)20(25)18-30-24;1-5-6-7-8-9-10-11-12-13-14-15-16-17-18-19-20(2,3)4;1-2-3-4-5-6-7-8-9-10-11-12-16-17(13,14)15;;/h20-21,23-26,28H,2-19H2,1H3;9-10,20-21,23-26,28H,2-8,11-19H2,1H3;5-19H2,1-4H3;2-12H2,1H3,(H,13,14,15);1H;/q;;+1;;;+1/p-2/b;10-9-;;;;/t2*20-,21+,23+,24+;;;;/m00..../s1. The number of carbonyl (C=O) groups is 2. The average Bonchev–Trinajstić information content (AvgIpc) is 1.75. The van der Waals surface area contributed by atoms with Gasteiger partial charge in [-0.3, -0.25) is 13.8 Å². The van der Waals surface area contributed by atoms with Crippen LogP contribution >= 0.6 is 0 Å². The van der Waals surface area contributed by atoms with Crippen LogP contribution in [0.2, 0.25) is 0 Å². The van der Waals surface area contributed by atoms with Crippen molar-refractivity contribution in [2.45, 2.75) is 423 Å². The molecule has 20 heteroatoms. The molecule has 6 N–H and O–H groups in total. The number of aliphatic hydroxyl groups excluding tert-OH is 6. The summed E-state index contributed by atoms with van der Waals surface area (Å²) >= 11 is 0. The van der Waals surface area contributed by atoms with E-state index in [0.29, 0.717) is 19.3 Å². The van der Waals surface area contributed by atoms with Gasteiger partial charge in [-0.25, -0.2) is 8.42 Å². The van der Waals surface area contributed by atoms with Crippen molar-refractivity contribution in [2.75, 3.05) is 60.7 Å². The molecule has 2 saturated heterocycles. The number of hydrogen-bond donors (Lipinski definition) is 6. The largest absolute Gasteiger partial charge is 1.00 e. The number of unbranched alkanes of at least 4 members (excludes halogenated alkanes) is 47. The van der Waals surface area contributed by atoms with E-state index < -0.39 is 59.2 Å². The Kier molecular flexibility index (Phi) is 82.0. The Morgan fingerprint density at radius 2 is 0.667 bits per heavy atom. The maximum absolute atomic E-state index is 11.8. The van der Waals surface area contributed by atoms with Gasteiger partial charge in [0.25, 0.3) is 0 Å². The van der Waals surface area contributed by atoms with Crippen LogP contribution < -0.4 is 46.5 Å². The van der Waals surface area contributed by atoms with Crippen molar-refractivity contribution in [2.24, 2.45) is 0 Å². The Morgan fingerprint density at radius 1 is 0.424 bits per heavy atom. The van der Waals surface area contributed by atoms with Crippen molar-refractivity contribution < 1.29 is 127 Å². The van der Waals surface area contributed by atoms with Gasteiger partial charge in [0.2, 0.25) is 10.4 Å². The molecule has 2 fully saturated rings. The summed E-state index contributed by atoms with van der Waals surface area (Å²) in [7, 11) is 2.40. The molecule has 0 radical (unpaired) electrons. The first-order valence-corrected chi connectivity index (χ1v) is 41.8. The summed E-state index contributed by atoms with van der Waals surface area (Å²) in [5.41, 5.74) is 0. The number of esters is 2. The topological polar surface area (TPSA) is 259 Å². The third-order valence-electron chi connectivity index (χ3n) is 18.5. The van der Waals surface area contributed by atoms with Gasteiger partial charge in [-0.1, -0.05) is 316 Å². The molecule has 2 aliphatic heterocycles. The second-order valence-electron chi connectivity index (χ2n) is 29.3. The van der Waals surface area contributed by atoms with Crippen molar-refractivity contribution >= 4 is 22.3 Å². The summed E-state index contributed by atoms with van der Waals surface area (Å²) in [6.07, 6.45) is 63.9. The number of quaternary nitrogens is 1. The van der Waals surface area contributed by atoms with Gasteiger partial charge >= 0.3 is 41.5 Å². The number of nitrogens with zero attached hydrogens (tertiary/aromatic N) is 1. The molecular weight excluding hydrogens is 1350 g/mol. The van der Waals surface area contributed by atoms with Crippen LogP contribution in [0.4, 0.5) is 0 Å². The van der Waals surface area contributed by atoms with E-state index in [0.717, 1.165) is 62.3 Å². The van der Waals surface area contributed by atoms with Crippen molar-refractivity contribution in [1.29, 1.82) is 0 Å². The first-order valence-electron chi connectivity index (χ1n) is 40.4. The van der Waals surface area contributed by atoms with Crippen LogP contribution in [0, 0.1) is 0 Å². The number of rotatable bonds is 64. The molecule has 0 bridgehead atoms. The van der Waals surface area contributed by atoms with Crippen LogP contribution in [-0.2, 0) is 43.1 Å². The van der Waals surface area contributed by atoms with Gasteiger partial charge in [-0.05, 0) is 57.8 Å². The number of hydrogen-bond acceptors (Lipinski definition) is 16. The number of aliphatic hydroxyl groups is 6. The molecule has 0 saturated carbocycles. The van der Waals surface area contributed by atoms with Gasteiger partial charge in [-0.2, -0.15) is 0 Å². The van der Waals surface area contributed by atoms with E-state index in [9.17, 15) is 53.2 Å². The normalized spacial score (nSPS) is 18.1. The molecule has 0 unspecified atom stereocenters. The summed E-state index contributed by atoms with van der Waals surface area (Å²) in [6, 6.07) is 0. The Bertz CT molecular complexity index is 1820. The summed E-state index contributed by atoms with van der Waals surface area (Å²) in [5, 5.41) is 58.0. The van der Waals surface area contributed by atoms with Gasteiger partial charge < -0.3 is 75.6 Å². The van der Waals surface area contributed by atoms with Crippen LogP contribution in [0.25, 0.3) is 0 Å². The summed E-state index contributed by atoms with van der Waals surface area (Å²) in [4.78, 5) is 23.5. The molecule has 8 atom stereocenters. The smallest absolute Gasteiger partial charge is 1.00 e. The van der Waals surface area contributed by atoms with Crippen molar-refractivity contribution in [3.05, 3.63) is 12.2 Å². The molecular formula is C79H157BrNNaO16S. The molecule has 0 aliphatic carbocycles. The Hall–Kier alpha value is -0.330. The molecule has 99 heavy (non-hydrogen) atoms. The molecule has 0 aromatic heterocycles. The Morgan fingerprint density at radius 3 is 0.909 bits per heavy atom. The third-order valence-corrected chi connectivity index (χ3v) is 19.0. The second-order valence-corrected chi connectivity index (χ2v) is 30.3. The minimum atomic E-state index is -4.48. The number of allylic oxidation sites excluding steroid dienone is 2. The summed E-state index contributed by atoms with van der Waals surface area (Å²) in [5.74, 6) is -0.684. The Labute approximate surface area is 641 Å². The minimum absolute atomic E-state index is 0. The van der Waals surface area contributed by atoms with Gasteiger partial charge in [0.15, 0.2) is 0 Å². The fraction of sp³-hybridized carbons (Fsp3) is 0.949. The molecule has 2 aliphatic rings. The van der Waals surface area contributed by atoms with Gasteiger partial charge in [0, 0.05) is 12.8 Å². The number of carbonyl (C=O) groups excluding carboxylic acids is 2. The predicted octanol–water partition coefficient (Wildman–Crippen LogP) is 11.9. The van der Waals surface area contributed by atoms with Gasteiger partial charge in [0.1, 0.15) is 62.0 Å². The maximum atomic E-state index is 11.8. The van der Waals surface area contributed by atoms with E-state index in [2.05, 4.69) is 65.2 Å². The number of ether oxygens (including phenoxy) is 4. The fourth-order valence-corrected chi connectivity index (χ4v) is 12.5. The van der Waals surface area contributed by atoms with Gasteiger partial charge in [0.05, 0.1) is 47.5 Å². The van der Waals surface area contributed by atoms with E-state index in [4.69, 9.17) is 18.9 Å². The zero-order chi connectivity index (χ0) is 72.1. The van der Waals surface area contributed by atoms with E-state index >= 15 is 0 Å². The third kappa shape index (κ3) is 75.7. The molecule has 0 spiro atoms. The molecule has 0 aromatic carbocycles. The quantitative estimate of drug-likeness (QED) is 0.00629. The van der Waals surface area contributed by atoms with Gasteiger partial charge in [-0.15, -0.1) is 0 Å². The first kappa shape index (κ1) is 105. The second kappa shape index (κ2) is 77.3. The molecule has 2 heterocycles. The molecule has 0 amide bonds. The molecule has 0 aromatic rings. The first-order chi connectivity index (χ1) is 46.7. The zero-order valence-electron chi connectivity index (χ0n) is 65.2. The zero-order valence-corrected chi connectivity index (χ0v) is 69.6. The van der Waals surface area contributed by atoms with Crippen molar-refractivity contribution in [1.82, 2.24) is 0 Å². The van der Waals surface area contributed by atoms with Crippen LogP contribution in [-0.4, -0.2) is 170 Å². The number of halogens is 1. The minimum Gasteiger partial charge on any atom is -1.00 e. The SMILES string of the molecule is CCCCCCCC/C=C\CCCCCCCC(=O)OC[C@@H](O)[C@H]1OC[C@H](O)[C@H]1O.CCCCCCCCCCCCCCCCCC(=O)OC[C@@H](O)[C@H]1OC[C@H](O)[C@H]1O.CCCCCCCCCCCCCCCC[N+](C)(C)C.CCCCCCCCCCCCOS(=O)(=O)[O-].[Br-].[Na+]. The van der Waals surface area contributed by atoms with Crippen LogP contribution in [0.5, 0.6) is 0 Å². The van der Waals surface area contributed by atoms with E-state index in [1.165, 1.54) is 276 Å². The predicted molar refractivity (Wildman–Crippen MR) is 397 cm³/mol. The fourth-order valence-electron chi connectivity index (χ4n) is 12.1. The van der Waals surface area contributed by atoms with Crippen LogP contribution in [0.1, 0.15) is 374 Å². The van der Waals surface area contributed by atoms with E-state index in [-0.39, 0.29) is 91.5 Å². The average molecular weight is 1510 g/mol. The molecule has 2 rings (SSSR count). The van der Waals surface area contributed by atoms with Crippen molar-refractivity contribution in [3.8, 4) is 0 Å². The maximum Gasteiger partial charge on any atom is 1.00 e. The van der Waals surface area contributed by atoms with E-state index in [1.54, 1.807) is 0 Å².